The van der Waals surface area contributed by atoms with Crippen molar-refractivity contribution in [2.24, 2.45) is 0 Å². The van der Waals surface area contributed by atoms with Crippen LogP contribution in [0.3, 0.4) is 0 Å². The Kier molecular flexibility index (Phi) is 6.71. The molecule has 1 heterocycles. The number of nitrogens with one attached hydrogen (secondary N) is 2. The Morgan fingerprint density at radius 1 is 1.44 bits per heavy atom. The quantitative estimate of drug-likeness (QED) is 0.758. The van der Waals surface area contributed by atoms with Crippen LogP contribution in [0.5, 0.6) is 0 Å². The van der Waals surface area contributed by atoms with Gasteiger partial charge in [-0.2, -0.15) is 0 Å². The molecule has 0 saturated heterocycles. The molecule has 1 aromatic rings. The standard InChI is InChI=1S/C10H15BrClN3O/c1-16-5-4-13-2-3-14-10-9(12)6-8(11)7-15-10/h6-7,13H,2-5H2,1H3,(H,14,15). The maximum Gasteiger partial charge on any atom is 0.144 e. The van der Waals surface area contributed by atoms with Gasteiger partial charge in [0.2, 0.25) is 0 Å². The zero-order valence-corrected chi connectivity index (χ0v) is 11.4. The Bertz CT molecular complexity index is 325. The number of nitrogens with zero attached hydrogens (tertiary/aromatic N) is 1. The van der Waals surface area contributed by atoms with Crippen molar-refractivity contribution in [1.29, 1.82) is 0 Å². The lowest BCUT2D eigenvalue weighted by Crippen LogP contribution is -2.25. The fraction of sp³-hybridized carbons (Fsp3) is 0.500. The molecular formula is C10H15BrClN3O. The molecule has 0 fully saturated rings. The van der Waals surface area contributed by atoms with Crippen molar-refractivity contribution in [2.75, 3.05) is 38.7 Å². The predicted molar refractivity (Wildman–Crippen MR) is 70.2 cm³/mol. The molecule has 0 atom stereocenters. The topological polar surface area (TPSA) is 46.2 Å². The molecule has 16 heavy (non-hydrogen) atoms. The first-order valence-corrected chi connectivity index (χ1v) is 6.15. The van der Waals surface area contributed by atoms with Crippen molar-refractivity contribution in [2.45, 2.75) is 0 Å². The Labute approximate surface area is 109 Å². The minimum absolute atomic E-state index is 0.617. The molecule has 0 saturated carbocycles. The Morgan fingerprint density at radius 3 is 2.94 bits per heavy atom. The van der Waals surface area contributed by atoms with Gasteiger partial charge in [0, 0.05) is 37.4 Å². The van der Waals surface area contributed by atoms with E-state index in [2.05, 4.69) is 31.5 Å². The summed E-state index contributed by atoms with van der Waals surface area (Å²) in [4.78, 5) is 4.17. The van der Waals surface area contributed by atoms with E-state index in [-0.39, 0.29) is 0 Å². The third-order valence-corrected chi connectivity index (χ3v) is 2.61. The monoisotopic (exact) mass is 307 g/mol. The molecule has 90 valence electrons. The molecule has 0 spiro atoms. The largest absolute Gasteiger partial charge is 0.383 e. The van der Waals surface area contributed by atoms with E-state index in [1.807, 2.05) is 6.07 Å². The van der Waals surface area contributed by atoms with E-state index in [1.54, 1.807) is 13.3 Å². The number of aromatic nitrogens is 1. The Hall–Kier alpha value is -0.360. The molecule has 0 radical (unpaired) electrons. The van der Waals surface area contributed by atoms with Gasteiger partial charge in [-0.15, -0.1) is 0 Å². The van der Waals surface area contributed by atoms with Gasteiger partial charge in [0.15, 0.2) is 0 Å². The lowest BCUT2D eigenvalue weighted by molar-refractivity contribution is 0.200. The van der Waals surface area contributed by atoms with Crippen molar-refractivity contribution >= 4 is 33.3 Å². The predicted octanol–water partition coefficient (Wildman–Crippen LogP) is 2.15. The number of hydrogen-bond donors (Lipinski definition) is 2. The molecule has 4 nitrogen and oxygen atoms in total. The molecule has 0 aliphatic rings. The van der Waals surface area contributed by atoms with Gasteiger partial charge in [-0.25, -0.2) is 4.98 Å². The molecule has 6 heteroatoms. The fourth-order valence-corrected chi connectivity index (χ4v) is 1.81. The summed E-state index contributed by atoms with van der Waals surface area (Å²) in [6, 6.07) is 1.81. The second-order valence-corrected chi connectivity index (χ2v) is 4.48. The highest BCUT2D eigenvalue weighted by atomic mass is 79.9. The van der Waals surface area contributed by atoms with Crippen LogP contribution in [0.4, 0.5) is 5.82 Å². The summed E-state index contributed by atoms with van der Waals surface area (Å²) < 4.78 is 5.79. The number of methoxy groups -OCH3 is 1. The number of pyridine rings is 1. The van der Waals surface area contributed by atoms with Crippen LogP contribution >= 0.6 is 27.5 Å². The van der Waals surface area contributed by atoms with E-state index in [4.69, 9.17) is 16.3 Å². The van der Waals surface area contributed by atoms with Gasteiger partial charge in [0.1, 0.15) is 5.82 Å². The lowest BCUT2D eigenvalue weighted by atomic mass is 10.4. The molecule has 0 aromatic carbocycles. The third kappa shape index (κ3) is 5.12. The third-order valence-electron chi connectivity index (χ3n) is 1.88. The first kappa shape index (κ1) is 13.7. The van der Waals surface area contributed by atoms with Crippen LogP contribution in [0.15, 0.2) is 16.7 Å². The second kappa shape index (κ2) is 7.84. The summed E-state index contributed by atoms with van der Waals surface area (Å²) in [5, 5.41) is 6.99. The van der Waals surface area contributed by atoms with Gasteiger partial charge < -0.3 is 15.4 Å². The molecule has 2 N–H and O–H groups in total. The number of hydrogen-bond acceptors (Lipinski definition) is 4. The SMILES string of the molecule is COCCNCCNc1ncc(Br)cc1Cl. The van der Waals surface area contributed by atoms with Crippen LogP contribution in [-0.2, 0) is 4.74 Å². The number of halogens is 2. The zero-order chi connectivity index (χ0) is 11.8. The summed E-state index contributed by atoms with van der Waals surface area (Å²) in [6.07, 6.45) is 1.71. The van der Waals surface area contributed by atoms with Crippen molar-refractivity contribution in [3.05, 3.63) is 21.8 Å². The van der Waals surface area contributed by atoms with Crippen molar-refractivity contribution in [1.82, 2.24) is 10.3 Å². The Morgan fingerprint density at radius 2 is 2.25 bits per heavy atom. The molecule has 1 aromatic heterocycles. The number of anilines is 1. The maximum absolute atomic E-state index is 6.00. The van der Waals surface area contributed by atoms with Crippen LogP contribution in [0, 0.1) is 0 Å². The van der Waals surface area contributed by atoms with Gasteiger partial charge in [-0.05, 0) is 22.0 Å². The van der Waals surface area contributed by atoms with Crippen LogP contribution in [0.2, 0.25) is 5.02 Å². The van der Waals surface area contributed by atoms with Crippen molar-refractivity contribution in [3.8, 4) is 0 Å². The number of rotatable bonds is 7. The molecule has 0 bridgehead atoms. The highest BCUT2D eigenvalue weighted by molar-refractivity contribution is 9.10. The van der Waals surface area contributed by atoms with Crippen LogP contribution in [0.25, 0.3) is 0 Å². The fourth-order valence-electron chi connectivity index (χ4n) is 1.11. The van der Waals surface area contributed by atoms with Gasteiger partial charge in [0.25, 0.3) is 0 Å². The average Bonchev–Trinajstić information content (AvgIpc) is 2.26. The van der Waals surface area contributed by atoms with E-state index >= 15 is 0 Å². The summed E-state index contributed by atoms with van der Waals surface area (Å²) in [7, 11) is 1.69. The summed E-state index contributed by atoms with van der Waals surface area (Å²) in [5.41, 5.74) is 0. The molecule has 0 aliphatic carbocycles. The summed E-state index contributed by atoms with van der Waals surface area (Å²) >= 11 is 9.30. The van der Waals surface area contributed by atoms with Gasteiger partial charge in [0.05, 0.1) is 11.6 Å². The Balaban J connectivity index is 2.21. The average molecular weight is 309 g/mol. The molecule has 0 unspecified atom stereocenters. The minimum Gasteiger partial charge on any atom is -0.383 e. The number of ether oxygens (including phenoxy) is 1. The van der Waals surface area contributed by atoms with Crippen molar-refractivity contribution < 1.29 is 4.74 Å². The van der Waals surface area contributed by atoms with Crippen LogP contribution in [-0.4, -0.2) is 38.3 Å². The first-order valence-electron chi connectivity index (χ1n) is 4.98. The van der Waals surface area contributed by atoms with E-state index in [0.717, 1.165) is 30.7 Å². The van der Waals surface area contributed by atoms with E-state index < -0.39 is 0 Å². The lowest BCUT2D eigenvalue weighted by Gasteiger charge is -2.08. The maximum atomic E-state index is 6.00. The van der Waals surface area contributed by atoms with Gasteiger partial charge >= 0.3 is 0 Å². The molecule has 1 rings (SSSR count). The molecule has 0 aliphatic heterocycles. The summed E-state index contributed by atoms with van der Waals surface area (Å²) in [6.45, 7) is 3.19. The van der Waals surface area contributed by atoms with Crippen LogP contribution < -0.4 is 10.6 Å². The van der Waals surface area contributed by atoms with E-state index in [1.165, 1.54) is 0 Å². The first-order chi connectivity index (χ1) is 7.74. The van der Waals surface area contributed by atoms with Crippen molar-refractivity contribution in [3.63, 3.8) is 0 Å². The molecular weight excluding hydrogens is 293 g/mol. The second-order valence-electron chi connectivity index (χ2n) is 3.15. The molecule has 0 amide bonds. The van der Waals surface area contributed by atoms with Crippen LogP contribution in [0.1, 0.15) is 0 Å². The highest BCUT2D eigenvalue weighted by Crippen LogP contribution is 2.22. The van der Waals surface area contributed by atoms with Gasteiger partial charge in [-0.1, -0.05) is 11.6 Å². The van der Waals surface area contributed by atoms with E-state index in [9.17, 15) is 0 Å². The van der Waals surface area contributed by atoms with Gasteiger partial charge in [-0.3, -0.25) is 0 Å². The normalized spacial score (nSPS) is 10.4. The zero-order valence-electron chi connectivity index (χ0n) is 9.09. The minimum atomic E-state index is 0.617. The smallest absolute Gasteiger partial charge is 0.144 e. The highest BCUT2D eigenvalue weighted by Gasteiger charge is 2.00. The van der Waals surface area contributed by atoms with E-state index in [0.29, 0.717) is 10.8 Å². The summed E-state index contributed by atoms with van der Waals surface area (Å²) in [5.74, 6) is 0.707.